The van der Waals surface area contributed by atoms with E-state index in [0.717, 1.165) is 40.0 Å². The summed E-state index contributed by atoms with van der Waals surface area (Å²) in [6.07, 6.45) is 7.03. The molecular formula is C19H18N6OS. The van der Waals surface area contributed by atoms with Crippen LogP contribution in [0.1, 0.15) is 19.8 Å². The molecule has 8 heteroatoms. The lowest BCUT2D eigenvalue weighted by Crippen LogP contribution is -2.30. The number of aromatic nitrogens is 6. The Morgan fingerprint density at radius 3 is 2.85 bits per heavy atom. The summed E-state index contributed by atoms with van der Waals surface area (Å²) in [6, 6.07) is 9.81. The van der Waals surface area contributed by atoms with Gasteiger partial charge >= 0.3 is 0 Å². The molecule has 3 heterocycles. The molecule has 1 saturated carbocycles. The van der Waals surface area contributed by atoms with Gasteiger partial charge in [-0.3, -0.25) is 9.31 Å². The van der Waals surface area contributed by atoms with E-state index in [1.807, 2.05) is 30.3 Å². The molecule has 1 N–H and O–H groups in total. The van der Waals surface area contributed by atoms with E-state index in [9.17, 15) is 4.21 Å². The normalized spacial score (nSPS) is 20.5. The number of fused-ring (bicyclic) bond motifs is 1. The molecule has 0 aliphatic heterocycles. The zero-order chi connectivity index (χ0) is 18.4. The summed E-state index contributed by atoms with van der Waals surface area (Å²) < 4.78 is 14.5. The molecule has 0 radical (unpaired) electrons. The Kier molecular flexibility index (Phi) is 3.86. The van der Waals surface area contributed by atoms with E-state index in [2.05, 4.69) is 32.2 Å². The number of nitrogens with one attached hydrogen (secondary N) is 1. The highest BCUT2D eigenvalue weighted by Gasteiger charge is 2.31. The molecule has 136 valence electrons. The average Bonchev–Trinajstić information content (AvgIpc) is 3.34. The fraction of sp³-hybridized carbons (Fsp3) is 0.263. The van der Waals surface area contributed by atoms with Crippen molar-refractivity contribution in [3.63, 3.8) is 0 Å². The van der Waals surface area contributed by atoms with Crippen LogP contribution in [0.25, 0.3) is 28.1 Å². The number of benzene rings is 1. The molecule has 3 aromatic heterocycles. The van der Waals surface area contributed by atoms with Crippen molar-refractivity contribution in [2.24, 2.45) is 5.92 Å². The molecule has 7 nitrogen and oxygen atoms in total. The molecule has 0 saturated heterocycles. The molecule has 1 atom stereocenters. The van der Waals surface area contributed by atoms with Crippen molar-refractivity contribution in [2.75, 3.05) is 0 Å². The minimum Gasteiger partial charge on any atom is -0.259 e. The molecule has 4 aromatic rings. The van der Waals surface area contributed by atoms with E-state index in [0.29, 0.717) is 11.7 Å². The van der Waals surface area contributed by atoms with Crippen LogP contribution in [0.3, 0.4) is 0 Å². The summed E-state index contributed by atoms with van der Waals surface area (Å²) in [6.45, 7) is 2.20. The molecule has 1 aliphatic rings. The predicted octanol–water partition coefficient (Wildman–Crippen LogP) is 3.11. The highest BCUT2D eigenvalue weighted by Crippen LogP contribution is 2.34. The van der Waals surface area contributed by atoms with Crippen LogP contribution < -0.4 is 0 Å². The largest absolute Gasteiger partial charge is 0.259 e. The number of hydrogen-bond acceptors (Lipinski definition) is 5. The van der Waals surface area contributed by atoms with Gasteiger partial charge in [-0.1, -0.05) is 19.1 Å². The van der Waals surface area contributed by atoms with Gasteiger partial charge in [-0.25, -0.2) is 14.6 Å². The first-order valence-electron chi connectivity index (χ1n) is 8.89. The van der Waals surface area contributed by atoms with Crippen LogP contribution in [-0.2, 0) is 10.8 Å². The molecule has 1 aromatic carbocycles. The van der Waals surface area contributed by atoms with Gasteiger partial charge in [0.05, 0.1) is 27.6 Å². The number of H-pyrrole nitrogens is 1. The maximum Gasteiger partial charge on any atom is 0.162 e. The molecule has 1 aliphatic carbocycles. The lowest BCUT2D eigenvalue weighted by atomic mass is 9.87. The Morgan fingerprint density at radius 1 is 1.19 bits per heavy atom. The van der Waals surface area contributed by atoms with Crippen LogP contribution in [-0.4, -0.2) is 39.4 Å². The lowest BCUT2D eigenvalue weighted by Gasteiger charge is -2.31. The molecule has 27 heavy (non-hydrogen) atoms. The summed E-state index contributed by atoms with van der Waals surface area (Å²) in [5.74, 6) is 1.38. The molecular weight excluding hydrogens is 360 g/mol. The molecule has 1 fully saturated rings. The van der Waals surface area contributed by atoms with E-state index >= 15 is 0 Å². The van der Waals surface area contributed by atoms with Crippen molar-refractivity contribution in [2.45, 2.75) is 29.9 Å². The summed E-state index contributed by atoms with van der Waals surface area (Å²) in [5.41, 5.74) is 2.55. The van der Waals surface area contributed by atoms with Gasteiger partial charge in [-0.2, -0.15) is 10.2 Å². The summed E-state index contributed by atoms with van der Waals surface area (Å²) in [4.78, 5) is 9.54. The third-order valence-corrected chi connectivity index (χ3v) is 6.71. The van der Waals surface area contributed by atoms with Gasteiger partial charge in [0.2, 0.25) is 0 Å². The maximum atomic E-state index is 12.7. The Bertz CT molecular complexity index is 1130. The van der Waals surface area contributed by atoms with Crippen LogP contribution in [0.4, 0.5) is 0 Å². The average molecular weight is 378 g/mol. The zero-order valence-corrected chi connectivity index (χ0v) is 15.6. The molecule has 5 rings (SSSR count). The minimum atomic E-state index is -0.996. The molecule has 0 spiro atoms. The first kappa shape index (κ1) is 16.3. The van der Waals surface area contributed by atoms with Gasteiger partial charge in [-0.05, 0) is 37.0 Å². The van der Waals surface area contributed by atoms with E-state index < -0.39 is 10.8 Å². The molecule has 0 bridgehead atoms. The van der Waals surface area contributed by atoms with Crippen molar-refractivity contribution in [3.8, 4) is 17.1 Å². The van der Waals surface area contributed by atoms with Crippen molar-refractivity contribution >= 4 is 21.8 Å². The number of rotatable bonds is 4. The number of hydrogen-bond donors (Lipinski definition) is 1. The van der Waals surface area contributed by atoms with Gasteiger partial charge in [0.15, 0.2) is 11.5 Å². The summed E-state index contributed by atoms with van der Waals surface area (Å²) in [7, 11) is -0.996. The third kappa shape index (κ3) is 2.86. The van der Waals surface area contributed by atoms with Crippen molar-refractivity contribution in [1.82, 2.24) is 29.9 Å². The quantitative estimate of drug-likeness (QED) is 0.589. The fourth-order valence-corrected chi connectivity index (χ4v) is 5.32. The van der Waals surface area contributed by atoms with Crippen LogP contribution in [0.5, 0.6) is 0 Å². The van der Waals surface area contributed by atoms with Gasteiger partial charge in [0.1, 0.15) is 6.33 Å². The summed E-state index contributed by atoms with van der Waals surface area (Å²) >= 11 is 0. The third-order valence-electron chi connectivity index (χ3n) is 5.03. The predicted molar refractivity (Wildman–Crippen MR) is 103 cm³/mol. The van der Waals surface area contributed by atoms with Crippen LogP contribution >= 0.6 is 0 Å². The van der Waals surface area contributed by atoms with Gasteiger partial charge < -0.3 is 0 Å². The highest BCUT2D eigenvalue weighted by atomic mass is 32.2. The van der Waals surface area contributed by atoms with Gasteiger partial charge in [-0.15, -0.1) is 0 Å². The Morgan fingerprint density at radius 2 is 2.07 bits per heavy atom. The molecule has 1 unspecified atom stereocenters. The van der Waals surface area contributed by atoms with Crippen LogP contribution in [0.15, 0.2) is 53.9 Å². The van der Waals surface area contributed by atoms with Crippen molar-refractivity contribution in [1.29, 1.82) is 0 Å². The van der Waals surface area contributed by atoms with Crippen molar-refractivity contribution < 1.29 is 4.21 Å². The summed E-state index contributed by atoms with van der Waals surface area (Å²) in [5, 5.41) is 12.4. The smallest absolute Gasteiger partial charge is 0.162 e. The standard InChI is InChI=1S/C19H18N6OS/c1-12-5-16(6-12)27(26)17-8-14-9-23-25(19(14)20-10-17)15-4-2-3-13(7-15)18-21-11-22-24-18/h2-4,7-12,16H,5-6H2,1H3,(H,21,22,24). The Hall–Kier alpha value is -2.87. The maximum absolute atomic E-state index is 12.7. The van der Waals surface area contributed by atoms with Crippen LogP contribution in [0.2, 0.25) is 0 Å². The fourth-order valence-electron chi connectivity index (χ4n) is 3.53. The van der Waals surface area contributed by atoms with E-state index in [4.69, 9.17) is 0 Å². The number of pyridine rings is 1. The van der Waals surface area contributed by atoms with Gasteiger partial charge in [0.25, 0.3) is 0 Å². The van der Waals surface area contributed by atoms with E-state index in [1.54, 1.807) is 17.1 Å². The topological polar surface area (TPSA) is 89.3 Å². The van der Waals surface area contributed by atoms with Crippen molar-refractivity contribution in [3.05, 3.63) is 49.1 Å². The van der Waals surface area contributed by atoms with Crippen LogP contribution in [0, 0.1) is 5.92 Å². The molecule has 0 amide bonds. The lowest BCUT2D eigenvalue weighted by molar-refractivity contribution is 0.353. The highest BCUT2D eigenvalue weighted by molar-refractivity contribution is 7.85. The Balaban J connectivity index is 1.50. The monoisotopic (exact) mass is 378 g/mol. The Labute approximate surface area is 158 Å². The minimum absolute atomic E-state index is 0.257. The zero-order valence-electron chi connectivity index (χ0n) is 14.7. The number of nitrogens with zero attached hydrogens (tertiary/aromatic N) is 5. The number of aromatic amines is 1. The van der Waals surface area contributed by atoms with E-state index in [-0.39, 0.29) is 5.25 Å². The first-order valence-corrected chi connectivity index (χ1v) is 10.1. The van der Waals surface area contributed by atoms with E-state index in [1.165, 1.54) is 6.33 Å². The second kappa shape index (κ2) is 6.38. The second-order valence-corrected chi connectivity index (χ2v) is 8.75. The second-order valence-electron chi connectivity index (χ2n) is 7.02. The van der Waals surface area contributed by atoms with Gasteiger partial charge in [0, 0.05) is 22.4 Å². The SMILES string of the molecule is CC1CC(S(=O)c2cnc3c(cnn3-c3cccc(-c4ncn[nH]4)c3)c2)C1. The first-order chi connectivity index (χ1) is 13.2.